The van der Waals surface area contributed by atoms with Crippen molar-refractivity contribution in [3.05, 3.63) is 41.5 Å². The number of ether oxygens (including phenoxy) is 1. The summed E-state index contributed by atoms with van der Waals surface area (Å²) < 4.78 is 8.07. The molecule has 1 saturated heterocycles. The van der Waals surface area contributed by atoms with Crippen molar-refractivity contribution in [3.63, 3.8) is 0 Å². The lowest BCUT2D eigenvalue weighted by atomic mass is 10.0. The molecule has 2 aliphatic heterocycles. The normalized spacial score (nSPS) is 20.3. The first-order chi connectivity index (χ1) is 14.5. The van der Waals surface area contributed by atoms with Crippen LogP contribution in [0.4, 0.5) is 4.79 Å². The monoisotopic (exact) mass is 413 g/mol. The van der Waals surface area contributed by atoms with Gasteiger partial charge in [-0.3, -0.25) is 9.78 Å². The van der Waals surface area contributed by atoms with Crippen LogP contribution in [-0.2, 0) is 24.4 Å². The van der Waals surface area contributed by atoms with E-state index in [2.05, 4.69) is 20.6 Å². The van der Waals surface area contributed by atoms with Crippen LogP contribution < -0.4 is 5.32 Å². The van der Waals surface area contributed by atoms with Gasteiger partial charge >= 0.3 is 6.03 Å². The fourth-order valence-corrected chi connectivity index (χ4v) is 4.03. The number of nitrogens with one attached hydrogen (secondary N) is 1. The largest absolute Gasteiger partial charge is 0.365 e. The Kier molecular flexibility index (Phi) is 5.67. The molecule has 0 bridgehead atoms. The average molecular weight is 413 g/mol. The highest BCUT2D eigenvalue weighted by atomic mass is 16.5. The van der Waals surface area contributed by atoms with Gasteiger partial charge < -0.3 is 19.9 Å². The maximum Gasteiger partial charge on any atom is 0.317 e. The molecule has 10 nitrogen and oxygen atoms in total. The van der Waals surface area contributed by atoms with Gasteiger partial charge in [0.1, 0.15) is 17.0 Å². The maximum atomic E-state index is 12.7. The van der Waals surface area contributed by atoms with E-state index in [-0.39, 0.29) is 11.9 Å². The summed E-state index contributed by atoms with van der Waals surface area (Å²) in [5.41, 5.74) is 1.56. The second-order valence-corrected chi connectivity index (χ2v) is 7.63. The maximum absolute atomic E-state index is 12.7. The molecule has 10 heteroatoms. The third-order valence-electron chi connectivity index (χ3n) is 5.82. The van der Waals surface area contributed by atoms with Crippen LogP contribution in [0.15, 0.2) is 24.4 Å². The molecule has 0 aromatic carbocycles. The number of carbonyl (C=O) groups excluding carboxylic acids is 2. The summed E-state index contributed by atoms with van der Waals surface area (Å²) in [5, 5.41) is 11.4. The van der Waals surface area contributed by atoms with Crippen LogP contribution in [0.5, 0.6) is 0 Å². The number of nitrogens with zero attached hydrogens (tertiary/aromatic N) is 6. The Morgan fingerprint density at radius 3 is 2.83 bits per heavy atom. The zero-order valence-corrected chi connectivity index (χ0v) is 17.4. The topological polar surface area (TPSA) is 105 Å². The third-order valence-corrected chi connectivity index (χ3v) is 5.82. The number of amides is 3. The number of hydrogen-bond donors (Lipinski definition) is 1. The molecule has 0 aliphatic carbocycles. The lowest BCUT2D eigenvalue weighted by molar-refractivity contribution is -0.0828. The van der Waals surface area contributed by atoms with Gasteiger partial charge in [-0.25, -0.2) is 9.48 Å². The quantitative estimate of drug-likeness (QED) is 0.785. The predicted molar refractivity (Wildman–Crippen MR) is 107 cm³/mol. The summed E-state index contributed by atoms with van der Waals surface area (Å²) in [6, 6.07) is 5.21. The van der Waals surface area contributed by atoms with Gasteiger partial charge in [0.25, 0.3) is 5.91 Å². The molecule has 1 unspecified atom stereocenters. The van der Waals surface area contributed by atoms with Gasteiger partial charge in [-0.05, 0) is 32.4 Å². The lowest BCUT2D eigenvalue weighted by Gasteiger charge is -2.33. The van der Waals surface area contributed by atoms with Crippen molar-refractivity contribution in [2.24, 2.45) is 0 Å². The molecule has 3 amide bonds. The van der Waals surface area contributed by atoms with E-state index in [4.69, 9.17) is 4.74 Å². The first-order valence-electron chi connectivity index (χ1n) is 10.3. The summed E-state index contributed by atoms with van der Waals surface area (Å²) in [7, 11) is 0. The molecule has 0 saturated carbocycles. The molecule has 4 heterocycles. The van der Waals surface area contributed by atoms with Gasteiger partial charge in [-0.2, -0.15) is 0 Å². The number of aromatic nitrogens is 4. The standard InChI is InChI=1S/C20H27N7O3/c1-3-25(4-2)19(29)22-11-16-17-12-30-20(14-27(17)24-23-16)8-10-26(13-20)18(28)15-7-5-6-9-21-15/h5-7,9H,3-4,8,10-14H2,1-2H3,(H,22,29). The Morgan fingerprint density at radius 2 is 2.10 bits per heavy atom. The van der Waals surface area contributed by atoms with Crippen LogP contribution in [0.1, 0.15) is 42.1 Å². The van der Waals surface area contributed by atoms with Crippen LogP contribution in [-0.4, -0.2) is 73.5 Å². The Hall–Kier alpha value is -3.01. The number of rotatable bonds is 5. The fraction of sp³-hybridized carbons (Fsp3) is 0.550. The van der Waals surface area contributed by atoms with E-state index >= 15 is 0 Å². The second-order valence-electron chi connectivity index (χ2n) is 7.63. The lowest BCUT2D eigenvalue weighted by Crippen LogP contribution is -2.45. The molecule has 2 aliphatic rings. The molecule has 2 aromatic heterocycles. The van der Waals surface area contributed by atoms with Crippen molar-refractivity contribution >= 4 is 11.9 Å². The zero-order chi connectivity index (χ0) is 21.1. The fourth-order valence-electron chi connectivity index (χ4n) is 4.03. The minimum atomic E-state index is -0.465. The van der Waals surface area contributed by atoms with Crippen molar-refractivity contribution in [1.82, 2.24) is 35.1 Å². The summed E-state index contributed by atoms with van der Waals surface area (Å²) in [5.74, 6) is -0.0831. The molecule has 1 atom stereocenters. The van der Waals surface area contributed by atoms with Gasteiger partial charge in [0.2, 0.25) is 0 Å². The highest BCUT2D eigenvalue weighted by molar-refractivity contribution is 5.92. The van der Waals surface area contributed by atoms with Crippen molar-refractivity contribution in [2.45, 2.75) is 45.6 Å². The minimum Gasteiger partial charge on any atom is -0.365 e. The Bertz CT molecular complexity index is 912. The average Bonchev–Trinajstić information content (AvgIpc) is 3.37. The Morgan fingerprint density at radius 1 is 1.27 bits per heavy atom. The van der Waals surface area contributed by atoms with Gasteiger partial charge in [-0.1, -0.05) is 11.3 Å². The van der Waals surface area contributed by atoms with Crippen LogP contribution >= 0.6 is 0 Å². The molecule has 0 radical (unpaired) electrons. The summed E-state index contributed by atoms with van der Waals surface area (Å²) in [4.78, 5) is 32.5. The Labute approximate surface area is 175 Å². The second kappa shape index (κ2) is 8.39. The number of carbonyl (C=O) groups is 2. The smallest absolute Gasteiger partial charge is 0.317 e. The van der Waals surface area contributed by atoms with Crippen molar-refractivity contribution in [2.75, 3.05) is 26.2 Å². The van der Waals surface area contributed by atoms with E-state index in [0.717, 1.165) is 12.1 Å². The van der Waals surface area contributed by atoms with Gasteiger partial charge in [0.05, 0.1) is 31.9 Å². The van der Waals surface area contributed by atoms with E-state index < -0.39 is 5.60 Å². The molecule has 1 spiro atoms. The van der Waals surface area contributed by atoms with Crippen LogP contribution in [0.25, 0.3) is 0 Å². The number of urea groups is 1. The first kappa shape index (κ1) is 20.3. The molecule has 2 aromatic rings. The number of hydrogen-bond acceptors (Lipinski definition) is 6. The summed E-state index contributed by atoms with van der Waals surface area (Å²) >= 11 is 0. The first-order valence-corrected chi connectivity index (χ1v) is 10.3. The van der Waals surface area contributed by atoms with Crippen molar-refractivity contribution in [1.29, 1.82) is 0 Å². The van der Waals surface area contributed by atoms with E-state index in [1.807, 2.05) is 24.6 Å². The SMILES string of the molecule is CCN(CC)C(=O)NCc1nnn2c1COC1(CCN(C(=O)c3ccccn3)C1)C2. The predicted octanol–water partition coefficient (Wildman–Crippen LogP) is 1.04. The molecule has 1 N–H and O–H groups in total. The third kappa shape index (κ3) is 3.87. The van der Waals surface area contributed by atoms with Crippen LogP contribution in [0.2, 0.25) is 0 Å². The van der Waals surface area contributed by atoms with E-state index in [0.29, 0.717) is 57.3 Å². The number of likely N-dealkylation sites (tertiary alicyclic amines) is 1. The van der Waals surface area contributed by atoms with Crippen LogP contribution in [0.3, 0.4) is 0 Å². The molecule has 160 valence electrons. The van der Waals surface area contributed by atoms with Gasteiger partial charge in [0, 0.05) is 25.8 Å². The molecule has 1 fully saturated rings. The molecular formula is C20H27N7O3. The minimum absolute atomic E-state index is 0.0831. The highest BCUT2D eigenvalue weighted by Gasteiger charge is 2.45. The number of fused-ring (bicyclic) bond motifs is 1. The van der Waals surface area contributed by atoms with E-state index in [9.17, 15) is 9.59 Å². The zero-order valence-electron chi connectivity index (χ0n) is 17.4. The van der Waals surface area contributed by atoms with Gasteiger partial charge in [0.15, 0.2) is 0 Å². The molecular weight excluding hydrogens is 386 g/mol. The summed E-state index contributed by atoms with van der Waals surface area (Å²) in [6.45, 7) is 7.51. The molecule has 30 heavy (non-hydrogen) atoms. The molecule has 4 rings (SSSR count). The highest BCUT2D eigenvalue weighted by Crippen LogP contribution is 2.33. The van der Waals surface area contributed by atoms with E-state index in [1.165, 1.54) is 0 Å². The summed E-state index contributed by atoms with van der Waals surface area (Å²) in [6.07, 6.45) is 2.36. The Balaban J connectivity index is 1.39. The van der Waals surface area contributed by atoms with Crippen LogP contribution in [0, 0.1) is 0 Å². The van der Waals surface area contributed by atoms with Crippen molar-refractivity contribution < 1.29 is 14.3 Å². The van der Waals surface area contributed by atoms with Gasteiger partial charge in [-0.15, -0.1) is 5.10 Å². The number of pyridine rings is 1. The van der Waals surface area contributed by atoms with Crippen molar-refractivity contribution in [3.8, 4) is 0 Å². The van der Waals surface area contributed by atoms with E-state index in [1.54, 1.807) is 28.1 Å².